The van der Waals surface area contributed by atoms with Crippen LogP contribution in [-0.4, -0.2) is 20.2 Å². The lowest BCUT2D eigenvalue weighted by Gasteiger charge is -2.17. The summed E-state index contributed by atoms with van der Waals surface area (Å²) in [5.41, 5.74) is 1.11. The molecule has 1 atom stereocenters. The van der Waals surface area contributed by atoms with Crippen LogP contribution in [0, 0.1) is 5.82 Å². The minimum atomic E-state index is -4.56. The van der Waals surface area contributed by atoms with Gasteiger partial charge in [-0.15, -0.1) is 10.2 Å². The number of aromatic nitrogens is 4. The lowest BCUT2D eigenvalue weighted by molar-refractivity contribution is -0.137. The molecule has 1 unspecified atom stereocenters. The van der Waals surface area contributed by atoms with Crippen LogP contribution in [0.3, 0.4) is 0 Å². The number of nitrogens with zero attached hydrogens (tertiary/aromatic N) is 4. The molecule has 3 N–H and O–H groups in total. The highest BCUT2D eigenvalue weighted by molar-refractivity contribution is 5.30. The number of halogens is 4. The molecule has 1 heterocycles. The van der Waals surface area contributed by atoms with E-state index in [1.165, 1.54) is 11.8 Å². The number of benzene rings is 1. The van der Waals surface area contributed by atoms with Crippen molar-refractivity contribution >= 4 is 0 Å². The van der Waals surface area contributed by atoms with Gasteiger partial charge in [-0.2, -0.15) is 18.0 Å². The molecule has 0 aliphatic carbocycles. The van der Waals surface area contributed by atoms with Crippen molar-refractivity contribution in [1.82, 2.24) is 25.6 Å². The Hall–Kier alpha value is -2.07. The summed E-state index contributed by atoms with van der Waals surface area (Å²) in [6.07, 6.45) is -4.56. The molecule has 0 amide bonds. The summed E-state index contributed by atoms with van der Waals surface area (Å²) in [5.74, 6) is 4.74. The van der Waals surface area contributed by atoms with Crippen molar-refractivity contribution in [1.29, 1.82) is 0 Å². The normalized spacial score (nSPS) is 13.4. The van der Waals surface area contributed by atoms with Gasteiger partial charge in [0.05, 0.1) is 18.7 Å². The van der Waals surface area contributed by atoms with E-state index in [0.717, 1.165) is 12.1 Å². The average molecular weight is 304 g/mol. The van der Waals surface area contributed by atoms with Gasteiger partial charge in [-0.25, -0.2) is 4.39 Å². The van der Waals surface area contributed by atoms with Crippen LogP contribution in [-0.2, 0) is 19.6 Å². The molecule has 0 saturated heterocycles. The van der Waals surface area contributed by atoms with Crippen molar-refractivity contribution < 1.29 is 17.6 Å². The topological polar surface area (TPSA) is 81.7 Å². The van der Waals surface area contributed by atoms with Gasteiger partial charge in [-0.1, -0.05) is 0 Å². The summed E-state index contributed by atoms with van der Waals surface area (Å²) in [6.45, 7) is 0. The van der Waals surface area contributed by atoms with Crippen LogP contribution >= 0.6 is 0 Å². The smallest absolute Gasteiger partial charge is 0.271 e. The third-order valence-corrected chi connectivity index (χ3v) is 2.84. The molecule has 0 bridgehead atoms. The number of tetrazole rings is 1. The summed E-state index contributed by atoms with van der Waals surface area (Å²) >= 11 is 0. The summed E-state index contributed by atoms with van der Waals surface area (Å²) < 4.78 is 51.8. The molecule has 0 aliphatic heterocycles. The van der Waals surface area contributed by atoms with Crippen molar-refractivity contribution in [3.8, 4) is 0 Å². The third kappa shape index (κ3) is 3.52. The van der Waals surface area contributed by atoms with Crippen LogP contribution in [0.25, 0.3) is 0 Å². The molecular weight excluding hydrogens is 292 g/mol. The number of nitrogens with one attached hydrogen (secondary N) is 1. The fourth-order valence-electron chi connectivity index (χ4n) is 1.83. The maximum Gasteiger partial charge on any atom is 0.416 e. The van der Waals surface area contributed by atoms with Crippen molar-refractivity contribution in [3.05, 3.63) is 41.0 Å². The van der Waals surface area contributed by atoms with E-state index in [4.69, 9.17) is 5.84 Å². The Morgan fingerprint density at radius 1 is 1.38 bits per heavy atom. The fourth-order valence-corrected chi connectivity index (χ4v) is 1.83. The Morgan fingerprint density at radius 3 is 2.62 bits per heavy atom. The van der Waals surface area contributed by atoms with E-state index in [1.807, 2.05) is 0 Å². The number of hydrogen-bond donors (Lipinski definition) is 2. The lowest BCUT2D eigenvalue weighted by atomic mass is 10.0. The number of aryl methyl sites for hydroxylation is 1. The minimum absolute atomic E-state index is 0.00255. The fraction of sp³-hybridized carbons (Fsp3) is 0.364. The summed E-state index contributed by atoms with van der Waals surface area (Å²) in [5, 5.41) is 11.2. The zero-order chi connectivity index (χ0) is 15.6. The summed E-state index contributed by atoms with van der Waals surface area (Å²) in [7, 11) is 1.53. The van der Waals surface area contributed by atoms with Crippen molar-refractivity contribution in [2.45, 2.75) is 18.6 Å². The maximum absolute atomic E-state index is 13.8. The average Bonchev–Trinajstić information content (AvgIpc) is 2.81. The van der Waals surface area contributed by atoms with Gasteiger partial charge in [0, 0.05) is 12.0 Å². The van der Waals surface area contributed by atoms with Crippen molar-refractivity contribution in [3.63, 3.8) is 0 Å². The van der Waals surface area contributed by atoms with E-state index >= 15 is 0 Å². The second-order valence-electron chi connectivity index (χ2n) is 4.35. The van der Waals surface area contributed by atoms with Gasteiger partial charge in [0.2, 0.25) is 0 Å². The predicted molar refractivity (Wildman–Crippen MR) is 64.0 cm³/mol. The SMILES string of the molecule is Cn1nnc(CC(NN)c2cc(C(F)(F)F)ccc2F)n1. The molecule has 114 valence electrons. The largest absolute Gasteiger partial charge is 0.416 e. The highest BCUT2D eigenvalue weighted by Gasteiger charge is 2.32. The van der Waals surface area contributed by atoms with Crippen LogP contribution < -0.4 is 11.3 Å². The number of hydrogen-bond acceptors (Lipinski definition) is 5. The maximum atomic E-state index is 13.8. The molecule has 0 fully saturated rings. The molecule has 21 heavy (non-hydrogen) atoms. The van der Waals surface area contributed by atoms with Gasteiger partial charge in [0.1, 0.15) is 5.82 Å². The van der Waals surface area contributed by atoms with E-state index in [-0.39, 0.29) is 17.8 Å². The van der Waals surface area contributed by atoms with Gasteiger partial charge in [0.15, 0.2) is 5.82 Å². The Labute approximate surface area is 116 Å². The molecule has 0 radical (unpaired) electrons. The number of nitrogens with two attached hydrogens (primary N) is 1. The Morgan fingerprint density at radius 2 is 2.10 bits per heavy atom. The number of rotatable bonds is 4. The summed E-state index contributed by atoms with van der Waals surface area (Å²) in [4.78, 5) is 1.19. The molecule has 0 aliphatic rings. The Kier molecular flexibility index (Phi) is 4.19. The van der Waals surface area contributed by atoms with Crippen LogP contribution in [0.5, 0.6) is 0 Å². The Bertz CT molecular complexity index is 623. The van der Waals surface area contributed by atoms with Crippen LogP contribution in [0.4, 0.5) is 17.6 Å². The molecular formula is C11H12F4N6. The highest BCUT2D eigenvalue weighted by Crippen LogP contribution is 2.32. The number of hydrazine groups is 1. The monoisotopic (exact) mass is 304 g/mol. The quantitative estimate of drug-likeness (QED) is 0.502. The predicted octanol–water partition coefficient (Wildman–Crippen LogP) is 1.12. The van der Waals surface area contributed by atoms with Gasteiger partial charge < -0.3 is 0 Å². The third-order valence-electron chi connectivity index (χ3n) is 2.84. The molecule has 1 aromatic heterocycles. The van der Waals surface area contributed by atoms with Crippen LogP contribution in [0.1, 0.15) is 23.0 Å². The zero-order valence-electron chi connectivity index (χ0n) is 10.9. The first kappa shape index (κ1) is 15.3. The first-order valence-corrected chi connectivity index (χ1v) is 5.87. The van der Waals surface area contributed by atoms with Gasteiger partial charge in [-0.05, 0) is 23.4 Å². The van der Waals surface area contributed by atoms with Gasteiger partial charge in [-0.3, -0.25) is 11.3 Å². The lowest BCUT2D eigenvalue weighted by Crippen LogP contribution is -2.31. The molecule has 6 nitrogen and oxygen atoms in total. The van der Waals surface area contributed by atoms with Crippen LogP contribution in [0.2, 0.25) is 0 Å². The van der Waals surface area contributed by atoms with E-state index in [0.29, 0.717) is 6.07 Å². The zero-order valence-corrected chi connectivity index (χ0v) is 10.9. The molecule has 10 heteroatoms. The second kappa shape index (κ2) is 5.74. The first-order valence-electron chi connectivity index (χ1n) is 5.87. The molecule has 2 aromatic rings. The van der Waals surface area contributed by atoms with Gasteiger partial charge >= 0.3 is 6.18 Å². The molecule has 0 spiro atoms. The number of alkyl halides is 3. The van der Waals surface area contributed by atoms with Crippen LogP contribution in [0.15, 0.2) is 18.2 Å². The van der Waals surface area contributed by atoms with E-state index < -0.39 is 23.6 Å². The standard InChI is InChI=1S/C11H12F4N6/c1-21-19-10(18-20-21)5-9(17-16)7-4-6(11(13,14)15)2-3-8(7)12/h2-4,9,17H,5,16H2,1H3. The molecule has 2 rings (SSSR count). The van der Waals surface area contributed by atoms with Crippen molar-refractivity contribution in [2.24, 2.45) is 12.9 Å². The van der Waals surface area contributed by atoms with Gasteiger partial charge in [0.25, 0.3) is 0 Å². The minimum Gasteiger partial charge on any atom is -0.271 e. The summed E-state index contributed by atoms with van der Waals surface area (Å²) in [6, 6.07) is 1.24. The molecule has 1 aromatic carbocycles. The van der Waals surface area contributed by atoms with Crippen molar-refractivity contribution in [2.75, 3.05) is 0 Å². The first-order chi connectivity index (χ1) is 9.81. The second-order valence-corrected chi connectivity index (χ2v) is 4.35. The Balaban J connectivity index is 2.33. The highest BCUT2D eigenvalue weighted by atomic mass is 19.4. The molecule has 0 saturated carbocycles. The van der Waals surface area contributed by atoms with E-state index in [2.05, 4.69) is 20.8 Å². The van der Waals surface area contributed by atoms with E-state index in [9.17, 15) is 17.6 Å². The van der Waals surface area contributed by atoms with E-state index in [1.54, 1.807) is 0 Å².